The SMILES string of the molecule is ClCCc1cc(I)c[nH]1. The lowest BCUT2D eigenvalue weighted by Crippen LogP contribution is -1.83. The predicted octanol–water partition coefficient (Wildman–Crippen LogP) is 2.40. The molecule has 0 radical (unpaired) electrons. The first-order valence-electron chi connectivity index (χ1n) is 2.71. The van der Waals surface area contributed by atoms with Crippen LogP contribution in [0.25, 0.3) is 0 Å². The summed E-state index contributed by atoms with van der Waals surface area (Å²) in [4.78, 5) is 3.11. The lowest BCUT2D eigenvalue weighted by Gasteiger charge is -1.86. The van der Waals surface area contributed by atoms with Crippen LogP contribution >= 0.6 is 34.2 Å². The Kier molecular flexibility index (Phi) is 2.85. The van der Waals surface area contributed by atoms with E-state index in [1.807, 2.05) is 6.20 Å². The Morgan fingerprint density at radius 3 is 2.89 bits per heavy atom. The van der Waals surface area contributed by atoms with Crippen molar-refractivity contribution >= 4 is 34.2 Å². The zero-order valence-electron chi connectivity index (χ0n) is 4.82. The summed E-state index contributed by atoms with van der Waals surface area (Å²) >= 11 is 7.79. The zero-order chi connectivity index (χ0) is 6.69. The van der Waals surface area contributed by atoms with Gasteiger partial charge in [0.25, 0.3) is 0 Å². The van der Waals surface area contributed by atoms with E-state index >= 15 is 0 Å². The number of hydrogen-bond acceptors (Lipinski definition) is 0. The predicted molar refractivity (Wildman–Crippen MR) is 47.9 cm³/mol. The monoisotopic (exact) mass is 255 g/mol. The first-order chi connectivity index (χ1) is 4.33. The Balaban J connectivity index is 2.61. The van der Waals surface area contributed by atoms with Crippen molar-refractivity contribution in [2.24, 2.45) is 0 Å². The molecule has 50 valence electrons. The summed E-state index contributed by atoms with van der Waals surface area (Å²) in [5, 5.41) is 0. The molecule has 0 spiro atoms. The fourth-order valence-electron chi connectivity index (χ4n) is 0.658. The fraction of sp³-hybridized carbons (Fsp3) is 0.333. The van der Waals surface area contributed by atoms with Crippen LogP contribution < -0.4 is 0 Å². The van der Waals surface area contributed by atoms with Crippen molar-refractivity contribution in [3.05, 3.63) is 21.5 Å². The number of aromatic nitrogens is 1. The molecule has 0 aromatic carbocycles. The molecule has 1 heterocycles. The van der Waals surface area contributed by atoms with Gasteiger partial charge in [0.15, 0.2) is 0 Å². The highest BCUT2D eigenvalue weighted by Gasteiger charge is 1.92. The minimum atomic E-state index is 0.691. The Morgan fingerprint density at radius 2 is 2.44 bits per heavy atom. The van der Waals surface area contributed by atoms with Crippen molar-refractivity contribution in [2.75, 3.05) is 5.88 Å². The highest BCUT2D eigenvalue weighted by molar-refractivity contribution is 14.1. The van der Waals surface area contributed by atoms with Gasteiger partial charge in [0.2, 0.25) is 0 Å². The van der Waals surface area contributed by atoms with E-state index in [2.05, 4.69) is 33.6 Å². The molecule has 0 aliphatic rings. The number of alkyl halides is 1. The molecule has 1 aromatic rings. The van der Waals surface area contributed by atoms with Crippen LogP contribution in [0.4, 0.5) is 0 Å². The topological polar surface area (TPSA) is 15.8 Å². The van der Waals surface area contributed by atoms with Gasteiger partial charge in [0.1, 0.15) is 0 Å². The van der Waals surface area contributed by atoms with Crippen molar-refractivity contribution in [3.8, 4) is 0 Å². The van der Waals surface area contributed by atoms with E-state index in [0.717, 1.165) is 6.42 Å². The van der Waals surface area contributed by atoms with Crippen LogP contribution in [-0.2, 0) is 6.42 Å². The average Bonchev–Trinajstić information content (AvgIpc) is 2.17. The van der Waals surface area contributed by atoms with Gasteiger partial charge in [0, 0.05) is 27.8 Å². The maximum Gasteiger partial charge on any atom is 0.0307 e. The van der Waals surface area contributed by atoms with Crippen LogP contribution in [0, 0.1) is 3.57 Å². The molecule has 0 amide bonds. The normalized spacial score (nSPS) is 10.0. The van der Waals surface area contributed by atoms with E-state index in [-0.39, 0.29) is 0 Å². The molecule has 0 saturated heterocycles. The standard InChI is InChI=1S/C6H7ClIN/c7-2-1-6-3-5(8)4-9-6/h3-4,9H,1-2H2. The van der Waals surface area contributed by atoms with Gasteiger partial charge in [0.05, 0.1) is 0 Å². The smallest absolute Gasteiger partial charge is 0.0307 e. The zero-order valence-corrected chi connectivity index (χ0v) is 7.74. The third-order valence-corrected chi connectivity index (χ3v) is 1.88. The third-order valence-electron chi connectivity index (χ3n) is 1.07. The fourth-order valence-corrected chi connectivity index (χ4v) is 1.39. The van der Waals surface area contributed by atoms with Crippen molar-refractivity contribution in [1.82, 2.24) is 4.98 Å². The molecule has 0 bridgehead atoms. The summed E-state index contributed by atoms with van der Waals surface area (Å²) in [6.45, 7) is 0. The number of rotatable bonds is 2. The average molecular weight is 255 g/mol. The van der Waals surface area contributed by atoms with Gasteiger partial charge < -0.3 is 4.98 Å². The molecule has 0 aliphatic carbocycles. The first-order valence-corrected chi connectivity index (χ1v) is 4.33. The summed E-state index contributed by atoms with van der Waals surface area (Å²) in [6.07, 6.45) is 2.91. The molecular weight excluding hydrogens is 248 g/mol. The summed E-state index contributed by atoms with van der Waals surface area (Å²) in [5.74, 6) is 0.691. The second-order valence-electron chi connectivity index (χ2n) is 1.78. The second kappa shape index (κ2) is 3.46. The van der Waals surface area contributed by atoms with E-state index in [4.69, 9.17) is 11.6 Å². The Hall–Kier alpha value is 0.300. The van der Waals surface area contributed by atoms with E-state index in [1.165, 1.54) is 9.26 Å². The number of H-pyrrole nitrogens is 1. The van der Waals surface area contributed by atoms with Gasteiger partial charge in [-0.15, -0.1) is 11.6 Å². The molecule has 0 unspecified atom stereocenters. The number of aryl methyl sites for hydroxylation is 1. The van der Waals surface area contributed by atoms with Crippen molar-refractivity contribution < 1.29 is 0 Å². The Morgan fingerprint density at radius 1 is 1.67 bits per heavy atom. The number of aromatic amines is 1. The van der Waals surface area contributed by atoms with Crippen LogP contribution in [-0.4, -0.2) is 10.9 Å². The van der Waals surface area contributed by atoms with Crippen molar-refractivity contribution in [2.45, 2.75) is 6.42 Å². The van der Waals surface area contributed by atoms with Gasteiger partial charge in [-0.05, 0) is 28.7 Å². The van der Waals surface area contributed by atoms with Gasteiger partial charge in [-0.3, -0.25) is 0 Å². The summed E-state index contributed by atoms with van der Waals surface area (Å²) in [5.41, 5.74) is 1.22. The molecule has 1 N–H and O–H groups in total. The maximum atomic E-state index is 5.52. The van der Waals surface area contributed by atoms with E-state index < -0.39 is 0 Å². The number of nitrogens with one attached hydrogen (secondary N) is 1. The minimum Gasteiger partial charge on any atom is -0.364 e. The molecule has 0 aliphatic heterocycles. The van der Waals surface area contributed by atoms with Crippen LogP contribution in [0.15, 0.2) is 12.3 Å². The lowest BCUT2D eigenvalue weighted by atomic mass is 10.3. The van der Waals surface area contributed by atoms with E-state index in [1.54, 1.807) is 0 Å². The summed E-state index contributed by atoms with van der Waals surface area (Å²) in [6, 6.07) is 2.10. The van der Waals surface area contributed by atoms with Crippen LogP contribution in [0.5, 0.6) is 0 Å². The molecule has 0 atom stereocenters. The highest BCUT2D eigenvalue weighted by atomic mass is 127. The van der Waals surface area contributed by atoms with Gasteiger partial charge >= 0.3 is 0 Å². The van der Waals surface area contributed by atoms with Crippen LogP contribution in [0.3, 0.4) is 0 Å². The molecule has 1 rings (SSSR count). The Labute approximate surface area is 72.9 Å². The first kappa shape index (κ1) is 7.41. The molecular formula is C6H7ClIN. The summed E-state index contributed by atoms with van der Waals surface area (Å²) in [7, 11) is 0. The molecule has 3 heteroatoms. The molecule has 0 saturated carbocycles. The number of halogens is 2. The van der Waals surface area contributed by atoms with Crippen LogP contribution in [0.1, 0.15) is 5.69 Å². The highest BCUT2D eigenvalue weighted by Crippen LogP contribution is 2.06. The molecule has 1 aromatic heterocycles. The van der Waals surface area contributed by atoms with Gasteiger partial charge in [-0.25, -0.2) is 0 Å². The summed E-state index contributed by atoms with van der Waals surface area (Å²) < 4.78 is 1.24. The minimum absolute atomic E-state index is 0.691. The Bertz CT molecular complexity index is 185. The quantitative estimate of drug-likeness (QED) is 0.617. The van der Waals surface area contributed by atoms with Crippen molar-refractivity contribution in [1.29, 1.82) is 0 Å². The van der Waals surface area contributed by atoms with Gasteiger partial charge in [-0.2, -0.15) is 0 Å². The third kappa shape index (κ3) is 2.18. The molecule has 1 nitrogen and oxygen atoms in total. The second-order valence-corrected chi connectivity index (χ2v) is 3.41. The van der Waals surface area contributed by atoms with Crippen molar-refractivity contribution in [3.63, 3.8) is 0 Å². The maximum absolute atomic E-state index is 5.52. The largest absolute Gasteiger partial charge is 0.364 e. The number of hydrogen-bond donors (Lipinski definition) is 1. The molecule has 0 fully saturated rings. The van der Waals surface area contributed by atoms with E-state index in [0.29, 0.717) is 5.88 Å². The van der Waals surface area contributed by atoms with Crippen LogP contribution in [0.2, 0.25) is 0 Å². The molecule has 9 heavy (non-hydrogen) atoms. The lowest BCUT2D eigenvalue weighted by molar-refractivity contribution is 1.07. The van der Waals surface area contributed by atoms with Gasteiger partial charge in [-0.1, -0.05) is 0 Å². The van der Waals surface area contributed by atoms with E-state index in [9.17, 15) is 0 Å².